The van der Waals surface area contributed by atoms with Gasteiger partial charge in [-0.05, 0) is 64.5 Å². The molecule has 2 heterocycles. The van der Waals surface area contributed by atoms with Gasteiger partial charge in [0.25, 0.3) is 0 Å². The third-order valence-corrected chi connectivity index (χ3v) is 5.56. The van der Waals surface area contributed by atoms with E-state index in [2.05, 4.69) is 29.0 Å². The molecule has 1 unspecified atom stereocenters. The monoisotopic (exact) mass is 382 g/mol. The van der Waals surface area contributed by atoms with Crippen molar-refractivity contribution in [2.24, 2.45) is 10.9 Å². The molecule has 158 valence electrons. The van der Waals surface area contributed by atoms with Gasteiger partial charge in [-0.3, -0.25) is 4.99 Å². The Kier molecular flexibility index (Phi) is 11.1. The van der Waals surface area contributed by atoms with Gasteiger partial charge in [-0.2, -0.15) is 0 Å². The zero-order chi connectivity index (χ0) is 19.3. The Morgan fingerprint density at radius 1 is 1.11 bits per heavy atom. The molecular formula is C21H42N4O2. The Bertz CT molecular complexity index is 411. The van der Waals surface area contributed by atoms with Gasteiger partial charge < -0.3 is 24.6 Å². The number of nitrogens with zero attached hydrogens (tertiary/aromatic N) is 3. The highest BCUT2D eigenvalue weighted by molar-refractivity contribution is 5.80. The first kappa shape index (κ1) is 22.4. The zero-order valence-corrected chi connectivity index (χ0v) is 17.9. The topological polar surface area (TPSA) is 49.3 Å². The van der Waals surface area contributed by atoms with Crippen LogP contribution in [0.15, 0.2) is 4.99 Å². The first-order valence-electron chi connectivity index (χ1n) is 11.1. The van der Waals surface area contributed by atoms with Crippen molar-refractivity contribution in [3.8, 4) is 0 Å². The molecule has 0 aromatic carbocycles. The molecule has 1 N–H and O–H groups in total. The molecule has 0 radical (unpaired) electrons. The summed E-state index contributed by atoms with van der Waals surface area (Å²) in [5, 5.41) is 3.48. The lowest BCUT2D eigenvalue weighted by molar-refractivity contribution is 0.00990. The van der Waals surface area contributed by atoms with Crippen LogP contribution in [0.1, 0.15) is 52.4 Å². The summed E-state index contributed by atoms with van der Waals surface area (Å²) in [5.41, 5.74) is 0. The molecule has 1 atom stereocenters. The summed E-state index contributed by atoms with van der Waals surface area (Å²) in [6.07, 6.45) is 7.45. The summed E-state index contributed by atoms with van der Waals surface area (Å²) < 4.78 is 11.1. The van der Waals surface area contributed by atoms with Gasteiger partial charge in [-0.15, -0.1) is 0 Å². The Labute approximate surface area is 166 Å². The van der Waals surface area contributed by atoms with Crippen molar-refractivity contribution < 1.29 is 9.47 Å². The summed E-state index contributed by atoms with van der Waals surface area (Å²) in [6.45, 7) is 13.7. The molecular weight excluding hydrogens is 340 g/mol. The van der Waals surface area contributed by atoms with E-state index < -0.39 is 0 Å². The highest BCUT2D eigenvalue weighted by atomic mass is 16.5. The lowest BCUT2D eigenvalue weighted by atomic mass is 10.0. The highest BCUT2D eigenvalue weighted by Gasteiger charge is 2.22. The number of piperidine rings is 2. The Morgan fingerprint density at radius 2 is 1.93 bits per heavy atom. The van der Waals surface area contributed by atoms with Crippen LogP contribution in [0.3, 0.4) is 0 Å². The van der Waals surface area contributed by atoms with Crippen LogP contribution in [-0.4, -0.2) is 88.0 Å². The van der Waals surface area contributed by atoms with Crippen LogP contribution in [0.25, 0.3) is 0 Å². The fraction of sp³-hybridized carbons (Fsp3) is 0.952. The molecule has 2 fully saturated rings. The van der Waals surface area contributed by atoms with E-state index in [4.69, 9.17) is 14.5 Å². The molecule has 0 aliphatic carbocycles. The van der Waals surface area contributed by atoms with Crippen LogP contribution >= 0.6 is 0 Å². The van der Waals surface area contributed by atoms with Gasteiger partial charge in [0, 0.05) is 53.0 Å². The van der Waals surface area contributed by atoms with Crippen LogP contribution in [0.5, 0.6) is 0 Å². The molecule has 0 amide bonds. The first-order chi connectivity index (χ1) is 13.2. The molecule has 6 nitrogen and oxygen atoms in total. The van der Waals surface area contributed by atoms with Crippen molar-refractivity contribution in [2.75, 3.05) is 66.1 Å². The van der Waals surface area contributed by atoms with Gasteiger partial charge in [-0.25, -0.2) is 0 Å². The zero-order valence-electron chi connectivity index (χ0n) is 17.9. The molecule has 2 rings (SSSR count). The fourth-order valence-electron chi connectivity index (χ4n) is 4.08. The van der Waals surface area contributed by atoms with E-state index in [1.54, 1.807) is 7.11 Å². The van der Waals surface area contributed by atoms with Crippen LogP contribution in [0, 0.1) is 5.92 Å². The number of methoxy groups -OCH3 is 1. The van der Waals surface area contributed by atoms with Gasteiger partial charge in [0.05, 0.1) is 6.10 Å². The van der Waals surface area contributed by atoms with Crippen LogP contribution in [0.4, 0.5) is 0 Å². The molecule has 0 aromatic rings. The van der Waals surface area contributed by atoms with Crippen molar-refractivity contribution in [2.45, 2.75) is 58.5 Å². The second-order valence-electron chi connectivity index (χ2n) is 8.04. The minimum absolute atomic E-state index is 0.391. The average Bonchev–Trinajstić information content (AvgIpc) is 2.68. The Morgan fingerprint density at radius 3 is 2.63 bits per heavy atom. The molecule has 0 bridgehead atoms. The normalized spacial score (nSPS) is 23.0. The number of hydrogen-bond donors (Lipinski definition) is 1. The number of nitrogens with one attached hydrogen (secondary N) is 1. The Hall–Kier alpha value is -0.850. The maximum absolute atomic E-state index is 5.97. The van der Waals surface area contributed by atoms with Gasteiger partial charge in [0.1, 0.15) is 0 Å². The van der Waals surface area contributed by atoms with E-state index >= 15 is 0 Å². The van der Waals surface area contributed by atoms with Gasteiger partial charge in [0.2, 0.25) is 0 Å². The first-order valence-corrected chi connectivity index (χ1v) is 11.1. The minimum atomic E-state index is 0.391. The molecule has 27 heavy (non-hydrogen) atoms. The summed E-state index contributed by atoms with van der Waals surface area (Å²) in [5.74, 6) is 1.94. The predicted molar refractivity (Wildman–Crippen MR) is 112 cm³/mol. The summed E-state index contributed by atoms with van der Waals surface area (Å²) >= 11 is 0. The minimum Gasteiger partial charge on any atom is -0.385 e. The lowest BCUT2D eigenvalue weighted by Gasteiger charge is -2.34. The summed E-state index contributed by atoms with van der Waals surface area (Å²) in [7, 11) is 1.74. The van der Waals surface area contributed by atoms with Gasteiger partial charge in [0.15, 0.2) is 5.96 Å². The number of ether oxygens (including phenoxy) is 2. The molecule has 0 aromatic heterocycles. The molecule has 2 saturated heterocycles. The van der Waals surface area contributed by atoms with Crippen LogP contribution in [0.2, 0.25) is 0 Å². The second kappa shape index (κ2) is 13.3. The number of guanidine groups is 1. The van der Waals surface area contributed by atoms with Crippen LogP contribution in [-0.2, 0) is 9.47 Å². The third kappa shape index (κ3) is 8.79. The van der Waals surface area contributed by atoms with Crippen molar-refractivity contribution in [3.63, 3.8) is 0 Å². The smallest absolute Gasteiger partial charge is 0.193 e. The van der Waals surface area contributed by atoms with E-state index in [0.717, 1.165) is 77.0 Å². The fourth-order valence-corrected chi connectivity index (χ4v) is 4.08. The lowest BCUT2D eigenvalue weighted by Crippen LogP contribution is -2.47. The quantitative estimate of drug-likeness (QED) is 0.358. The molecule has 2 aliphatic rings. The highest BCUT2D eigenvalue weighted by Crippen LogP contribution is 2.16. The predicted octanol–water partition coefficient (Wildman–Crippen LogP) is 2.59. The maximum Gasteiger partial charge on any atom is 0.193 e. The van der Waals surface area contributed by atoms with E-state index in [1.165, 1.54) is 32.5 Å². The van der Waals surface area contributed by atoms with Crippen molar-refractivity contribution in [1.29, 1.82) is 0 Å². The van der Waals surface area contributed by atoms with Crippen molar-refractivity contribution in [3.05, 3.63) is 0 Å². The summed E-state index contributed by atoms with van der Waals surface area (Å²) in [6, 6.07) is 0. The van der Waals surface area contributed by atoms with E-state index in [9.17, 15) is 0 Å². The van der Waals surface area contributed by atoms with E-state index in [1.807, 2.05) is 0 Å². The third-order valence-electron chi connectivity index (χ3n) is 5.56. The average molecular weight is 383 g/mol. The van der Waals surface area contributed by atoms with Crippen LogP contribution < -0.4 is 5.32 Å². The standard InChI is InChI=1S/C21H42N4O2/c1-4-22-21(23-11-6-13-24-12-5-8-19(2)18-24)25-14-9-20(10-15-25)27-17-7-16-26-3/h19-20H,4-18H2,1-3H3,(H,22,23). The molecule has 0 saturated carbocycles. The van der Waals surface area contributed by atoms with Gasteiger partial charge in [-0.1, -0.05) is 6.92 Å². The van der Waals surface area contributed by atoms with Gasteiger partial charge >= 0.3 is 0 Å². The van der Waals surface area contributed by atoms with Crippen molar-refractivity contribution >= 4 is 5.96 Å². The number of aliphatic imine (C=N–C) groups is 1. The SMILES string of the molecule is CCNC(=NCCCN1CCCC(C)C1)N1CCC(OCCCOC)CC1. The molecule has 6 heteroatoms. The maximum atomic E-state index is 5.97. The number of hydrogen-bond acceptors (Lipinski definition) is 4. The molecule has 2 aliphatic heterocycles. The van der Waals surface area contributed by atoms with E-state index in [-0.39, 0.29) is 0 Å². The number of rotatable bonds is 10. The second-order valence-corrected chi connectivity index (χ2v) is 8.04. The largest absolute Gasteiger partial charge is 0.385 e. The molecule has 0 spiro atoms. The van der Waals surface area contributed by atoms with Crippen molar-refractivity contribution in [1.82, 2.24) is 15.1 Å². The summed E-state index contributed by atoms with van der Waals surface area (Å²) in [4.78, 5) is 9.92. The van der Waals surface area contributed by atoms with E-state index in [0.29, 0.717) is 6.10 Å². The number of likely N-dealkylation sites (tertiary alicyclic amines) is 2. The Balaban J connectivity index is 1.67.